The minimum Gasteiger partial charge on any atom is -0.392 e. The molecule has 1 amide bonds. The molecule has 0 saturated heterocycles. The molecule has 0 bridgehead atoms. The first-order valence-electron chi connectivity index (χ1n) is 11.6. The number of amides is 1. The third kappa shape index (κ3) is 5.06. The Labute approximate surface area is 207 Å². The maximum Gasteiger partial charge on any atom is 0.230 e. The monoisotopic (exact) mass is 483 g/mol. The molecule has 3 aromatic carbocycles. The Hall–Kier alpha value is -4.23. The summed E-state index contributed by atoms with van der Waals surface area (Å²) in [4.78, 5) is 22.4. The van der Waals surface area contributed by atoms with Gasteiger partial charge in [0.25, 0.3) is 0 Å². The summed E-state index contributed by atoms with van der Waals surface area (Å²) in [6.45, 7) is -0.0280. The molecular formula is C29H23F2N3O2. The van der Waals surface area contributed by atoms with Crippen LogP contribution in [0.1, 0.15) is 33.6 Å². The molecule has 7 heteroatoms. The van der Waals surface area contributed by atoms with E-state index >= 15 is 0 Å². The molecule has 0 aliphatic heterocycles. The Kier molecular flexibility index (Phi) is 6.64. The lowest BCUT2D eigenvalue weighted by atomic mass is 9.90. The van der Waals surface area contributed by atoms with Crippen molar-refractivity contribution in [1.82, 2.24) is 9.97 Å². The number of halogens is 2. The average Bonchev–Trinajstić information content (AvgIpc) is 2.89. The first-order valence-corrected chi connectivity index (χ1v) is 11.6. The summed E-state index contributed by atoms with van der Waals surface area (Å²) in [7, 11) is 0. The van der Waals surface area contributed by atoms with Crippen molar-refractivity contribution in [3.8, 4) is 11.3 Å². The number of fused-ring (bicyclic) bond motifs is 3. The summed E-state index contributed by atoms with van der Waals surface area (Å²) in [5.41, 5.74) is 6.19. The number of aliphatic hydroxyl groups excluding tert-OH is 1. The van der Waals surface area contributed by atoms with Crippen LogP contribution in [-0.4, -0.2) is 21.0 Å². The van der Waals surface area contributed by atoms with Gasteiger partial charge in [-0.1, -0.05) is 60.7 Å². The standard InChI is InChI=1S/C29H23F2N3O2/c30-23-11-7-19(15-24(23)31)16-27(36)34-29-26(12-8-18-4-2-1-3-5-18)32-28-22-10-6-20(17-35)14-21(22)9-13-25(28)33-29/h1-8,10-12,14-15,35H,9,13,16-17H2,(H,33,34,36)/b12-8+. The quantitative estimate of drug-likeness (QED) is 0.387. The van der Waals surface area contributed by atoms with Crippen molar-refractivity contribution < 1.29 is 18.7 Å². The maximum absolute atomic E-state index is 13.6. The van der Waals surface area contributed by atoms with Crippen molar-refractivity contribution in [3.63, 3.8) is 0 Å². The van der Waals surface area contributed by atoms with Gasteiger partial charge in [0.2, 0.25) is 5.91 Å². The fraction of sp³-hybridized carbons (Fsp3) is 0.138. The van der Waals surface area contributed by atoms with Crippen molar-refractivity contribution >= 4 is 23.9 Å². The molecule has 2 N–H and O–H groups in total. The molecule has 0 atom stereocenters. The van der Waals surface area contributed by atoms with Crippen molar-refractivity contribution in [2.45, 2.75) is 25.9 Å². The first-order chi connectivity index (χ1) is 17.5. The van der Waals surface area contributed by atoms with Crippen molar-refractivity contribution in [1.29, 1.82) is 0 Å². The zero-order valence-corrected chi connectivity index (χ0v) is 19.3. The molecule has 0 radical (unpaired) electrons. The number of aromatic nitrogens is 2. The van der Waals surface area contributed by atoms with E-state index in [1.807, 2.05) is 54.6 Å². The minimum absolute atomic E-state index is 0.0280. The number of nitrogens with zero attached hydrogens (tertiary/aromatic N) is 2. The molecule has 1 aliphatic carbocycles. The van der Waals surface area contributed by atoms with E-state index in [0.717, 1.165) is 52.2 Å². The van der Waals surface area contributed by atoms with Gasteiger partial charge in [-0.25, -0.2) is 18.7 Å². The highest BCUT2D eigenvalue weighted by Gasteiger charge is 2.22. The molecule has 36 heavy (non-hydrogen) atoms. The van der Waals surface area contributed by atoms with Crippen LogP contribution < -0.4 is 5.32 Å². The summed E-state index contributed by atoms with van der Waals surface area (Å²) in [5.74, 6) is -2.06. The number of aliphatic hydroxyl groups is 1. The van der Waals surface area contributed by atoms with Gasteiger partial charge >= 0.3 is 0 Å². The van der Waals surface area contributed by atoms with Gasteiger partial charge in [-0.3, -0.25) is 4.79 Å². The topological polar surface area (TPSA) is 75.1 Å². The van der Waals surface area contributed by atoms with Gasteiger partial charge in [0.1, 0.15) is 5.69 Å². The van der Waals surface area contributed by atoms with Gasteiger partial charge in [-0.2, -0.15) is 0 Å². The van der Waals surface area contributed by atoms with Crippen LogP contribution in [0.3, 0.4) is 0 Å². The van der Waals surface area contributed by atoms with E-state index in [1.54, 1.807) is 6.08 Å². The predicted molar refractivity (Wildman–Crippen MR) is 135 cm³/mol. The number of aryl methyl sites for hydroxylation is 2. The van der Waals surface area contributed by atoms with Crippen molar-refractivity contribution in [2.75, 3.05) is 5.32 Å². The second-order valence-electron chi connectivity index (χ2n) is 8.62. The van der Waals surface area contributed by atoms with Crippen LogP contribution in [0.15, 0.2) is 66.7 Å². The molecule has 1 aromatic heterocycles. The van der Waals surface area contributed by atoms with Crippen molar-refractivity contribution in [3.05, 3.63) is 112 Å². The van der Waals surface area contributed by atoms with E-state index < -0.39 is 17.5 Å². The van der Waals surface area contributed by atoms with Crippen LogP contribution in [0.2, 0.25) is 0 Å². The zero-order valence-electron chi connectivity index (χ0n) is 19.3. The third-order valence-electron chi connectivity index (χ3n) is 6.07. The zero-order chi connectivity index (χ0) is 25.1. The number of carbonyl (C=O) groups is 1. The van der Waals surface area contributed by atoms with Gasteiger partial charge < -0.3 is 10.4 Å². The number of hydrogen-bond acceptors (Lipinski definition) is 4. The van der Waals surface area contributed by atoms with Crippen LogP contribution in [0.25, 0.3) is 23.4 Å². The Bertz CT molecular complexity index is 1470. The molecule has 1 heterocycles. The van der Waals surface area contributed by atoms with E-state index in [1.165, 1.54) is 6.07 Å². The highest BCUT2D eigenvalue weighted by atomic mass is 19.2. The van der Waals surface area contributed by atoms with Gasteiger partial charge in [0.05, 0.1) is 24.4 Å². The Morgan fingerprint density at radius 1 is 0.917 bits per heavy atom. The fourth-order valence-corrected chi connectivity index (χ4v) is 4.27. The molecule has 1 aliphatic rings. The van der Waals surface area contributed by atoms with Gasteiger partial charge in [0.15, 0.2) is 17.5 Å². The van der Waals surface area contributed by atoms with Crippen LogP contribution >= 0.6 is 0 Å². The van der Waals surface area contributed by atoms with Crippen LogP contribution in [-0.2, 0) is 30.7 Å². The lowest BCUT2D eigenvalue weighted by Gasteiger charge is -2.21. The molecular weight excluding hydrogens is 460 g/mol. The van der Waals surface area contributed by atoms with Gasteiger partial charge in [-0.15, -0.1) is 0 Å². The number of hydrogen-bond donors (Lipinski definition) is 2. The maximum atomic E-state index is 13.6. The summed E-state index contributed by atoms with van der Waals surface area (Å²) >= 11 is 0. The molecule has 0 saturated carbocycles. The smallest absolute Gasteiger partial charge is 0.230 e. The molecule has 5 nitrogen and oxygen atoms in total. The predicted octanol–water partition coefficient (Wildman–Crippen LogP) is 5.36. The lowest BCUT2D eigenvalue weighted by molar-refractivity contribution is -0.115. The summed E-state index contributed by atoms with van der Waals surface area (Å²) in [5, 5.41) is 12.3. The lowest BCUT2D eigenvalue weighted by Crippen LogP contribution is -2.19. The summed E-state index contributed by atoms with van der Waals surface area (Å²) in [6, 6.07) is 18.9. The third-order valence-corrected chi connectivity index (χ3v) is 6.07. The fourth-order valence-electron chi connectivity index (χ4n) is 4.27. The molecule has 5 rings (SSSR count). The first kappa shape index (κ1) is 23.5. The second-order valence-corrected chi connectivity index (χ2v) is 8.62. The summed E-state index contributed by atoms with van der Waals surface area (Å²) in [6.07, 6.45) is 4.93. The van der Waals surface area contributed by atoms with E-state index in [-0.39, 0.29) is 13.0 Å². The largest absolute Gasteiger partial charge is 0.392 e. The average molecular weight is 484 g/mol. The molecule has 4 aromatic rings. The van der Waals surface area contributed by atoms with E-state index in [9.17, 15) is 18.7 Å². The van der Waals surface area contributed by atoms with E-state index in [0.29, 0.717) is 23.5 Å². The van der Waals surface area contributed by atoms with Crippen LogP contribution in [0.4, 0.5) is 14.6 Å². The van der Waals surface area contributed by atoms with Gasteiger partial charge in [0, 0.05) is 5.56 Å². The highest BCUT2D eigenvalue weighted by Crippen LogP contribution is 2.34. The second kappa shape index (κ2) is 10.2. The normalized spacial score (nSPS) is 12.3. The van der Waals surface area contributed by atoms with Crippen LogP contribution in [0.5, 0.6) is 0 Å². The Balaban J connectivity index is 1.50. The molecule has 0 unspecified atom stereocenters. The van der Waals surface area contributed by atoms with E-state index in [4.69, 9.17) is 9.97 Å². The number of rotatable bonds is 6. The molecule has 0 fully saturated rings. The summed E-state index contributed by atoms with van der Waals surface area (Å²) < 4.78 is 26.8. The highest BCUT2D eigenvalue weighted by molar-refractivity contribution is 5.93. The molecule has 180 valence electrons. The van der Waals surface area contributed by atoms with Crippen LogP contribution in [0, 0.1) is 11.6 Å². The SMILES string of the molecule is O=C(Cc1ccc(F)c(F)c1)Nc1nc2c(nc1/C=C/c1ccccc1)-c1ccc(CO)cc1CC2. The Morgan fingerprint density at radius 3 is 2.50 bits per heavy atom. The number of carbonyl (C=O) groups excluding carboxylic acids is 1. The van der Waals surface area contributed by atoms with Gasteiger partial charge in [-0.05, 0) is 53.3 Å². The minimum atomic E-state index is -0.997. The molecule has 0 spiro atoms. The number of nitrogens with one attached hydrogen (secondary N) is 1. The van der Waals surface area contributed by atoms with Crippen molar-refractivity contribution in [2.24, 2.45) is 0 Å². The number of benzene rings is 3. The number of anilines is 1. The van der Waals surface area contributed by atoms with E-state index in [2.05, 4.69) is 5.32 Å². The Morgan fingerprint density at radius 2 is 1.72 bits per heavy atom.